The van der Waals surface area contributed by atoms with E-state index in [1.807, 2.05) is 0 Å². The maximum Gasteiger partial charge on any atom is 0.255 e. The minimum atomic E-state index is -0.124. The van der Waals surface area contributed by atoms with Crippen molar-refractivity contribution in [2.75, 3.05) is 25.1 Å². The number of furan rings is 1. The van der Waals surface area contributed by atoms with Crippen molar-refractivity contribution in [2.24, 2.45) is 5.92 Å². The van der Waals surface area contributed by atoms with Gasteiger partial charge in [0, 0.05) is 25.3 Å². The normalized spacial score (nSPS) is 19.8. The molecule has 2 N–H and O–H groups in total. The fraction of sp³-hybridized carbons (Fsp3) is 0.611. The standard InChI is InChI=1S/C18H24N4O3/c1-11-13(16(23)19-9-12-3-7-24-8-4-12)14-15(22-18(2)5-6-18)20-10-21-17(14)25-11/h10,12H,3-9H2,1-2H3,(H,19,23)(H,20,21,22). The summed E-state index contributed by atoms with van der Waals surface area (Å²) in [6, 6.07) is 0. The number of nitrogens with zero attached hydrogens (tertiary/aromatic N) is 2. The third-order valence-corrected chi connectivity index (χ3v) is 5.20. The van der Waals surface area contributed by atoms with Crippen molar-refractivity contribution < 1.29 is 13.9 Å². The van der Waals surface area contributed by atoms with Gasteiger partial charge in [0.2, 0.25) is 5.71 Å². The first-order valence-electron chi connectivity index (χ1n) is 8.94. The molecule has 0 bridgehead atoms. The Balaban J connectivity index is 1.59. The summed E-state index contributed by atoms with van der Waals surface area (Å²) in [5.74, 6) is 1.60. The Labute approximate surface area is 146 Å². The molecule has 25 heavy (non-hydrogen) atoms. The van der Waals surface area contributed by atoms with Crippen LogP contribution in [0.25, 0.3) is 11.1 Å². The molecular formula is C18H24N4O3. The first-order valence-corrected chi connectivity index (χ1v) is 8.94. The number of carbonyl (C=O) groups excluding carboxylic acids is 1. The lowest BCUT2D eigenvalue weighted by Crippen LogP contribution is -2.32. The quantitative estimate of drug-likeness (QED) is 0.867. The van der Waals surface area contributed by atoms with E-state index in [2.05, 4.69) is 27.5 Å². The third kappa shape index (κ3) is 3.33. The zero-order valence-corrected chi connectivity index (χ0v) is 14.7. The summed E-state index contributed by atoms with van der Waals surface area (Å²) in [7, 11) is 0. The van der Waals surface area contributed by atoms with Crippen LogP contribution in [0.5, 0.6) is 0 Å². The van der Waals surface area contributed by atoms with E-state index in [-0.39, 0.29) is 11.4 Å². The highest BCUT2D eigenvalue weighted by Gasteiger charge is 2.38. The summed E-state index contributed by atoms with van der Waals surface area (Å²) in [4.78, 5) is 21.4. The van der Waals surface area contributed by atoms with E-state index >= 15 is 0 Å². The molecule has 0 aromatic carbocycles. The van der Waals surface area contributed by atoms with E-state index in [0.29, 0.717) is 40.7 Å². The van der Waals surface area contributed by atoms with Crippen LogP contribution in [0.15, 0.2) is 10.7 Å². The Morgan fingerprint density at radius 2 is 2.08 bits per heavy atom. The van der Waals surface area contributed by atoms with Gasteiger partial charge in [-0.1, -0.05) is 0 Å². The van der Waals surface area contributed by atoms with Crippen LogP contribution in [0.4, 0.5) is 5.82 Å². The van der Waals surface area contributed by atoms with Gasteiger partial charge in [-0.05, 0) is 45.4 Å². The second-order valence-electron chi connectivity index (χ2n) is 7.39. The predicted molar refractivity (Wildman–Crippen MR) is 93.7 cm³/mol. The highest BCUT2D eigenvalue weighted by molar-refractivity contribution is 6.10. The number of hydrogen-bond acceptors (Lipinski definition) is 6. The van der Waals surface area contributed by atoms with Gasteiger partial charge >= 0.3 is 0 Å². The zero-order chi connectivity index (χ0) is 17.4. The second kappa shape index (κ2) is 6.29. The molecular weight excluding hydrogens is 320 g/mol. The summed E-state index contributed by atoms with van der Waals surface area (Å²) in [6.07, 6.45) is 5.64. The number of carbonyl (C=O) groups is 1. The lowest BCUT2D eigenvalue weighted by molar-refractivity contribution is 0.0642. The Bertz CT molecular complexity index is 791. The van der Waals surface area contributed by atoms with Gasteiger partial charge < -0.3 is 19.8 Å². The Hall–Kier alpha value is -2.15. The second-order valence-corrected chi connectivity index (χ2v) is 7.39. The third-order valence-electron chi connectivity index (χ3n) is 5.20. The fourth-order valence-corrected chi connectivity index (χ4v) is 3.29. The van der Waals surface area contributed by atoms with Crippen molar-refractivity contribution in [2.45, 2.75) is 45.1 Å². The summed E-state index contributed by atoms with van der Waals surface area (Å²) in [5.41, 5.74) is 1.05. The van der Waals surface area contributed by atoms with Crippen molar-refractivity contribution in [1.82, 2.24) is 15.3 Å². The van der Waals surface area contributed by atoms with E-state index in [9.17, 15) is 4.79 Å². The minimum Gasteiger partial charge on any atom is -0.442 e. The molecule has 2 aliphatic rings. The predicted octanol–water partition coefficient (Wildman–Crippen LogP) is 2.65. The lowest BCUT2D eigenvalue weighted by atomic mass is 10.0. The van der Waals surface area contributed by atoms with Crippen molar-refractivity contribution in [3.8, 4) is 0 Å². The van der Waals surface area contributed by atoms with Crippen LogP contribution >= 0.6 is 0 Å². The average Bonchev–Trinajstić information content (AvgIpc) is 3.22. The molecule has 0 spiro atoms. The van der Waals surface area contributed by atoms with E-state index in [0.717, 1.165) is 38.9 Å². The van der Waals surface area contributed by atoms with Gasteiger partial charge in [-0.25, -0.2) is 9.97 Å². The molecule has 1 amide bonds. The SMILES string of the molecule is Cc1oc2ncnc(NC3(C)CC3)c2c1C(=O)NCC1CCOCC1. The Morgan fingerprint density at radius 1 is 1.32 bits per heavy atom. The number of aryl methyl sites for hydroxylation is 1. The largest absolute Gasteiger partial charge is 0.442 e. The van der Waals surface area contributed by atoms with Gasteiger partial charge in [0.15, 0.2) is 0 Å². The molecule has 1 saturated heterocycles. The van der Waals surface area contributed by atoms with E-state index in [4.69, 9.17) is 9.15 Å². The van der Waals surface area contributed by atoms with Crippen molar-refractivity contribution in [1.29, 1.82) is 0 Å². The molecule has 1 aliphatic carbocycles. The molecule has 0 unspecified atom stereocenters. The van der Waals surface area contributed by atoms with Gasteiger partial charge in [0.25, 0.3) is 5.91 Å². The molecule has 2 aromatic heterocycles. The smallest absolute Gasteiger partial charge is 0.255 e. The molecule has 7 heteroatoms. The van der Waals surface area contributed by atoms with Gasteiger partial charge in [-0.15, -0.1) is 0 Å². The number of ether oxygens (including phenoxy) is 1. The molecule has 7 nitrogen and oxygen atoms in total. The van der Waals surface area contributed by atoms with Gasteiger partial charge in [-0.3, -0.25) is 4.79 Å². The first kappa shape index (κ1) is 16.3. The average molecular weight is 344 g/mol. The number of amides is 1. The van der Waals surface area contributed by atoms with Crippen LogP contribution < -0.4 is 10.6 Å². The van der Waals surface area contributed by atoms with Crippen molar-refractivity contribution in [3.63, 3.8) is 0 Å². The van der Waals surface area contributed by atoms with Crippen molar-refractivity contribution in [3.05, 3.63) is 17.7 Å². The molecule has 4 rings (SSSR count). The van der Waals surface area contributed by atoms with E-state index in [1.54, 1.807) is 6.92 Å². The van der Waals surface area contributed by atoms with E-state index < -0.39 is 0 Å². The van der Waals surface area contributed by atoms with Crippen LogP contribution in [0.1, 0.15) is 48.7 Å². The highest BCUT2D eigenvalue weighted by Crippen LogP contribution is 2.40. The summed E-state index contributed by atoms with van der Waals surface area (Å²) in [6.45, 7) is 6.15. The fourth-order valence-electron chi connectivity index (χ4n) is 3.29. The molecule has 2 aromatic rings. The molecule has 0 radical (unpaired) electrons. The van der Waals surface area contributed by atoms with Crippen LogP contribution in [-0.4, -0.2) is 41.2 Å². The number of fused-ring (bicyclic) bond motifs is 1. The molecule has 3 heterocycles. The number of hydrogen-bond donors (Lipinski definition) is 2. The zero-order valence-electron chi connectivity index (χ0n) is 14.7. The Morgan fingerprint density at radius 3 is 2.80 bits per heavy atom. The number of rotatable bonds is 5. The van der Waals surface area contributed by atoms with E-state index in [1.165, 1.54) is 6.33 Å². The molecule has 2 fully saturated rings. The summed E-state index contributed by atoms with van der Waals surface area (Å²) in [5, 5.41) is 7.18. The molecule has 1 saturated carbocycles. The maximum absolute atomic E-state index is 12.8. The van der Waals surface area contributed by atoms with Crippen LogP contribution in [-0.2, 0) is 4.74 Å². The monoisotopic (exact) mass is 344 g/mol. The molecule has 0 atom stereocenters. The number of nitrogens with one attached hydrogen (secondary N) is 2. The van der Waals surface area contributed by atoms with Gasteiger partial charge in [0.1, 0.15) is 17.9 Å². The Kier molecular flexibility index (Phi) is 4.11. The van der Waals surface area contributed by atoms with Gasteiger partial charge in [-0.2, -0.15) is 0 Å². The highest BCUT2D eigenvalue weighted by atomic mass is 16.5. The number of anilines is 1. The molecule has 1 aliphatic heterocycles. The maximum atomic E-state index is 12.8. The first-order chi connectivity index (χ1) is 12.1. The van der Waals surface area contributed by atoms with Crippen molar-refractivity contribution >= 4 is 22.8 Å². The van der Waals surface area contributed by atoms with Crippen LogP contribution in [0.3, 0.4) is 0 Å². The lowest BCUT2D eigenvalue weighted by Gasteiger charge is -2.22. The van der Waals surface area contributed by atoms with Crippen LogP contribution in [0, 0.1) is 12.8 Å². The van der Waals surface area contributed by atoms with Crippen LogP contribution in [0.2, 0.25) is 0 Å². The topological polar surface area (TPSA) is 89.3 Å². The van der Waals surface area contributed by atoms with Gasteiger partial charge in [0.05, 0.1) is 10.9 Å². The summed E-state index contributed by atoms with van der Waals surface area (Å²) < 4.78 is 11.1. The number of aromatic nitrogens is 2. The minimum absolute atomic E-state index is 0.0578. The molecule has 134 valence electrons. The summed E-state index contributed by atoms with van der Waals surface area (Å²) >= 11 is 0.